The van der Waals surface area contributed by atoms with Gasteiger partial charge >= 0.3 is 6.09 Å². The van der Waals surface area contributed by atoms with Crippen molar-refractivity contribution < 1.29 is 9.53 Å². The number of amides is 1. The fourth-order valence-electron chi connectivity index (χ4n) is 1.50. The van der Waals surface area contributed by atoms with Gasteiger partial charge in [-0.1, -0.05) is 27.7 Å². The molecule has 0 rings (SSSR count). The molecular weight excluding hydrogens is 226 g/mol. The van der Waals surface area contributed by atoms with Crippen LogP contribution in [0, 0.1) is 0 Å². The molecule has 0 spiro atoms. The Kier molecular flexibility index (Phi) is 10.1. The zero-order valence-corrected chi connectivity index (χ0v) is 13.8. The van der Waals surface area contributed by atoms with E-state index in [1.807, 2.05) is 39.5 Å². The zero-order valence-electron chi connectivity index (χ0n) is 13.8. The third-order valence-corrected chi connectivity index (χ3v) is 2.74. The maximum atomic E-state index is 12.1. The average molecular weight is 259 g/mol. The molecule has 0 saturated carbocycles. The Bertz CT molecular complexity index is 211. The number of carbonyl (C=O) groups excluding carboxylic acids is 1. The highest BCUT2D eigenvalue weighted by molar-refractivity contribution is 5.68. The standard InChI is InChI=1S/C13H27NO2.C2H6/c1-8-10(3)14(11(4)9-2)12(15)16-13(5,6)7;1-2/h10-11H,8-9H2,1-7H3;1-2H3. The minimum atomic E-state index is -0.420. The molecule has 0 N–H and O–H groups in total. The maximum Gasteiger partial charge on any atom is 0.410 e. The zero-order chi connectivity index (χ0) is 14.9. The van der Waals surface area contributed by atoms with E-state index in [-0.39, 0.29) is 18.2 Å². The van der Waals surface area contributed by atoms with Gasteiger partial charge in [0.1, 0.15) is 5.60 Å². The summed E-state index contributed by atoms with van der Waals surface area (Å²) >= 11 is 0. The summed E-state index contributed by atoms with van der Waals surface area (Å²) in [6, 6.07) is 0.453. The summed E-state index contributed by atoms with van der Waals surface area (Å²) in [7, 11) is 0. The monoisotopic (exact) mass is 259 g/mol. The van der Waals surface area contributed by atoms with E-state index in [9.17, 15) is 4.79 Å². The first-order valence-corrected chi connectivity index (χ1v) is 7.24. The van der Waals surface area contributed by atoms with Gasteiger partial charge in [-0.25, -0.2) is 4.79 Å². The number of nitrogens with zero attached hydrogens (tertiary/aromatic N) is 1. The van der Waals surface area contributed by atoms with E-state index in [4.69, 9.17) is 4.74 Å². The molecule has 0 aliphatic heterocycles. The van der Waals surface area contributed by atoms with Crippen molar-refractivity contribution in [3.05, 3.63) is 0 Å². The molecular formula is C15H33NO2. The molecule has 2 atom stereocenters. The van der Waals surface area contributed by atoms with Gasteiger partial charge in [0.15, 0.2) is 0 Å². The van der Waals surface area contributed by atoms with Gasteiger partial charge in [-0.3, -0.25) is 0 Å². The number of hydrogen-bond donors (Lipinski definition) is 0. The van der Waals surface area contributed by atoms with Gasteiger partial charge in [-0.2, -0.15) is 0 Å². The summed E-state index contributed by atoms with van der Waals surface area (Å²) < 4.78 is 5.43. The number of rotatable bonds is 4. The van der Waals surface area contributed by atoms with Crippen LogP contribution in [0.2, 0.25) is 0 Å². The van der Waals surface area contributed by atoms with Crippen molar-refractivity contribution in [1.29, 1.82) is 0 Å². The summed E-state index contributed by atoms with van der Waals surface area (Å²) in [4.78, 5) is 13.9. The van der Waals surface area contributed by atoms with Gasteiger partial charge in [-0.05, 0) is 47.5 Å². The summed E-state index contributed by atoms with van der Waals surface area (Å²) in [5.74, 6) is 0. The Labute approximate surface area is 114 Å². The van der Waals surface area contributed by atoms with E-state index in [1.54, 1.807) is 0 Å². The van der Waals surface area contributed by atoms with Crippen molar-refractivity contribution >= 4 is 6.09 Å². The van der Waals surface area contributed by atoms with E-state index in [0.717, 1.165) is 12.8 Å². The molecule has 0 aromatic heterocycles. The van der Waals surface area contributed by atoms with Gasteiger partial charge < -0.3 is 9.64 Å². The van der Waals surface area contributed by atoms with Crippen LogP contribution in [0.15, 0.2) is 0 Å². The van der Waals surface area contributed by atoms with Gasteiger partial charge in [0.05, 0.1) is 0 Å². The normalized spacial score (nSPS) is 14.1. The Hall–Kier alpha value is -0.730. The van der Waals surface area contributed by atoms with Crippen LogP contribution in [-0.2, 0) is 4.74 Å². The first kappa shape index (κ1) is 19.6. The predicted molar refractivity (Wildman–Crippen MR) is 78.9 cm³/mol. The highest BCUT2D eigenvalue weighted by atomic mass is 16.6. The highest BCUT2D eigenvalue weighted by Gasteiger charge is 2.28. The van der Waals surface area contributed by atoms with Crippen LogP contribution in [0.1, 0.15) is 75.2 Å². The van der Waals surface area contributed by atoms with Crippen molar-refractivity contribution in [2.45, 2.75) is 92.8 Å². The van der Waals surface area contributed by atoms with E-state index in [2.05, 4.69) is 27.7 Å². The first-order chi connectivity index (χ1) is 8.22. The minimum Gasteiger partial charge on any atom is -0.444 e. The van der Waals surface area contributed by atoms with Crippen LogP contribution in [0.4, 0.5) is 4.79 Å². The van der Waals surface area contributed by atoms with Crippen LogP contribution in [0.25, 0.3) is 0 Å². The molecule has 0 aliphatic rings. The fourth-order valence-corrected chi connectivity index (χ4v) is 1.50. The molecule has 0 saturated heterocycles. The van der Waals surface area contributed by atoms with E-state index in [0.29, 0.717) is 0 Å². The first-order valence-electron chi connectivity index (χ1n) is 7.24. The van der Waals surface area contributed by atoms with Crippen molar-refractivity contribution in [1.82, 2.24) is 4.90 Å². The van der Waals surface area contributed by atoms with Crippen LogP contribution >= 0.6 is 0 Å². The largest absolute Gasteiger partial charge is 0.444 e. The summed E-state index contributed by atoms with van der Waals surface area (Å²) in [5, 5.41) is 0. The molecule has 3 nitrogen and oxygen atoms in total. The Morgan fingerprint density at radius 1 is 1.06 bits per heavy atom. The summed E-state index contributed by atoms with van der Waals surface area (Å²) in [6.07, 6.45) is 1.70. The third kappa shape index (κ3) is 7.57. The maximum absolute atomic E-state index is 12.1. The lowest BCUT2D eigenvalue weighted by Gasteiger charge is -2.35. The molecule has 0 aromatic rings. The van der Waals surface area contributed by atoms with Crippen molar-refractivity contribution in [3.63, 3.8) is 0 Å². The number of ether oxygens (including phenoxy) is 1. The molecule has 1 amide bonds. The van der Waals surface area contributed by atoms with Gasteiger partial charge in [0.2, 0.25) is 0 Å². The SMILES string of the molecule is CC.CCC(C)N(C(=O)OC(C)(C)C)C(C)CC. The molecule has 2 unspecified atom stereocenters. The third-order valence-electron chi connectivity index (χ3n) is 2.74. The number of hydrogen-bond acceptors (Lipinski definition) is 2. The van der Waals surface area contributed by atoms with Crippen molar-refractivity contribution in [2.24, 2.45) is 0 Å². The lowest BCUT2D eigenvalue weighted by atomic mass is 10.1. The molecule has 3 heteroatoms. The van der Waals surface area contributed by atoms with Crippen LogP contribution in [-0.4, -0.2) is 28.7 Å². The van der Waals surface area contributed by atoms with Crippen LogP contribution < -0.4 is 0 Å². The van der Waals surface area contributed by atoms with E-state index < -0.39 is 5.60 Å². The van der Waals surface area contributed by atoms with E-state index >= 15 is 0 Å². The Morgan fingerprint density at radius 3 is 1.61 bits per heavy atom. The molecule has 0 heterocycles. The second-order valence-corrected chi connectivity index (χ2v) is 5.40. The minimum absolute atomic E-state index is 0.198. The Balaban J connectivity index is 0. The fraction of sp³-hybridized carbons (Fsp3) is 0.933. The van der Waals surface area contributed by atoms with Gasteiger partial charge in [0.25, 0.3) is 0 Å². The average Bonchev–Trinajstić information content (AvgIpc) is 2.29. The summed E-state index contributed by atoms with van der Waals surface area (Å²) in [6.45, 7) is 18.0. The lowest BCUT2D eigenvalue weighted by Crippen LogP contribution is -2.46. The Morgan fingerprint density at radius 2 is 1.39 bits per heavy atom. The highest BCUT2D eigenvalue weighted by Crippen LogP contribution is 2.17. The topological polar surface area (TPSA) is 29.5 Å². The lowest BCUT2D eigenvalue weighted by molar-refractivity contribution is 0.00776. The molecule has 0 aliphatic carbocycles. The summed E-state index contributed by atoms with van der Waals surface area (Å²) in [5.41, 5.74) is -0.420. The van der Waals surface area contributed by atoms with Crippen molar-refractivity contribution in [3.8, 4) is 0 Å². The van der Waals surface area contributed by atoms with Crippen LogP contribution in [0.3, 0.4) is 0 Å². The second kappa shape index (κ2) is 9.23. The molecule has 0 aromatic carbocycles. The van der Waals surface area contributed by atoms with Gasteiger partial charge in [-0.15, -0.1) is 0 Å². The molecule has 0 radical (unpaired) electrons. The molecule has 0 fully saturated rings. The van der Waals surface area contributed by atoms with E-state index in [1.165, 1.54) is 0 Å². The van der Waals surface area contributed by atoms with Crippen molar-refractivity contribution in [2.75, 3.05) is 0 Å². The number of carbonyl (C=O) groups is 1. The molecule has 18 heavy (non-hydrogen) atoms. The predicted octanol–water partition coefficient (Wildman–Crippen LogP) is 4.85. The molecule has 110 valence electrons. The van der Waals surface area contributed by atoms with Gasteiger partial charge in [0, 0.05) is 12.1 Å². The second-order valence-electron chi connectivity index (χ2n) is 5.40. The molecule has 0 bridgehead atoms. The quantitative estimate of drug-likeness (QED) is 0.722. The smallest absolute Gasteiger partial charge is 0.410 e. The van der Waals surface area contributed by atoms with Crippen LogP contribution in [0.5, 0.6) is 0 Å².